The van der Waals surface area contributed by atoms with E-state index < -0.39 is 5.60 Å². The molecule has 1 saturated heterocycles. The number of nitrogens with zero attached hydrogens (tertiary/aromatic N) is 1. The summed E-state index contributed by atoms with van der Waals surface area (Å²) >= 11 is 0. The molecule has 1 aromatic rings. The maximum absolute atomic E-state index is 12.5. The Bertz CT molecular complexity index is 506. The number of likely N-dealkylation sites (tertiary alicyclic amines) is 1. The van der Waals surface area contributed by atoms with Crippen LogP contribution >= 0.6 is 0 Å². The molecule has 1 fully saturated rings. The molecule has 2 rings (SSSR count). The van der Waals surface area contributed by atoms with E-state index in [1.54, 1.807) is 18.7 Å². The number of benzene rings is 1. The second kappa shape index (κ2) is 6.06. The Morgan fingerprint density at radius 1 is 1.43 bits per heavy atom. The summed E-state index contributed by atoms with van der Waals surface area (Å²) in [4.78, 5) is 14.2. The molecule has 2 amide bonds. The Balaban J connectivity index is 2.09. The second-order valence-electron chi connectivity index (χ2n) is 6.72. The van der Waals surface area contributed by atoms with E-state index in [1.165, 1.54) is 5.56 Å². The number of aliphatic hydroxyl groups is 1. The number of carbonyl (C=O) groups excluding carboxylic acids is 1. The predicted molar refractivity (Wildman–Crippen MR) is 85.6 cm³/mol. The van der Waals surface area contributed by atoms with E-state index in [4.69, 9.17) is 0 Å². The molecule has 116 valence electrons. The molecule has 4 nitrogen and oxygen atoms in total. The Kier molecular flexibility index (Phi) is 4.57. The van der Waals surface area contributed by atoms with Crippen molar-refractivity contribution in [3.8, 4) is 0 Å². The Labute approximate surface area is 127 Å². The highest BCUT2D eigenvalue weighted by molar-refractivity contribution is 5.89. The lowest BCUT2D eigenvalue weighted by atomic mass is 9.97. The molecule has 1 unspecified atom stereocenters. The zero-order valence-corrected chi connectivity index (χ0v) is 13.4. The zero-order chi connectivity index (χ0) is 15.6. The average molecular weight is 290 g/mol. The zero-order valence-electron chi connectivity index (χ0n) is 13.4. The number of urea groups is 1. The molecule has 0 aromatic heterocycles. The maximum atomic E-state index is 12.5. The first-order valence-electron chi connectivity index (χ1n) is 7.69. The Morgan fingerprint density at radius 3 is 2.76 bits per heavy atom. The van der Waals surface area contributed by atoms with Gasteiger partial charge in [0.05, 0.1) is 11.6 Å². The summed E-state index contributed by atoms with van der Waals surface area (Å²) in [5.74, 6) is 0.428. The van der Waals surface area contributed by atoms with Crippen molar-refractivity contribution < 1.29 is 9.90 Å². The highest BCUT2D eigenvalue weighted by Gasteiger charge is 2.38. The normalized spacial score (nSPS) is 19.1. The number of rotatable bonds is 3. The molecule has 1 aromatic carbocycles. The SMILES string of the molecule is CC(C)c1cccc(NC(=O)N2CCCC2C(C)(C)O)c1. The Morgan fingerprint density at radius 2 is 2.14 bits per heavy atom. The van der Waals surface area contributed by atoms with Gasteiger partial charge in [0, 0.05) is 12.2 Å². The van der Waals surface area contributed by atoms with E-state index in [2.05, 4.69) is 25.2 Å². The summed E-state index contributed by atoms with van der Waals surface area (Å²) in [7, 11) is 0. The van der Waals surface area contributed by atoms with Crippen LogP contribution in [0.5, 0.6) is 0 Å². The van der Waals surface area contributed by atoms with Gasteiger partial charge in [0.15, 0.2) is 0 Å². The van der Waals surface area contributed by atoms with Gasteiger partial charge in [-0.3, -0.25) is 0 Å². The van der Waals surface area contributed by atoms with Crippen LogP contribution in [0.2, 0.25) is 0 Å². The van der Waals surface area contributed by atoms with Crippen molar-refractivity contribution in [1.29, 1.82) is 0 Å². The monoisotopic (exact) mass is 290 g/mol. The molecule has 0 aliphatic carbocycles. The highest BCUT2D eigenvalue weighted by atomic mass is 16.3. The number of carbonyl (C=O) groups is 1. The van der Waals surface area contributed by atoms with Gasteiger partial charge in [0.1, 0.15) is 0 Å². The second-order valence-corrected chi connectivity index (χ2v) is 6.72. The fourth-order valence-corrected chi connectivity index (χ4v) is 2.92. The summed E-state index contributed by atoms with van der Waals surface area (Å²) in [5.41, 5.74) is 1.15. The van der Waals surface area contributed by atoms with Gasteiger partial charge in [0.25, 0.3) is 0 Å². The van der Waals surface area contributed by atoms with Crippen molar-refractivity contribution in [3.63, 3.8) is 0 Å². The van der Waals surface area contributed by atoms with Gasteiger partial charge in [-0.05, 0) is 50.3 Å². The lowest BCUT2D eigenvalue weighted by molar-refractivity contribution is 0.0117. The predicted octanol–water partition coefficient (Wildman–Crippen LogP) is 3.58. The fraction of sp³-hybridized carbons (Fsp3) is 0.588. The molecular weight excluding hydrogens is 264 g/mol. The van der Waals surface area contributed by atoms with Gasteiger partial charge in [-0.15, -0.1) is 0 Å². The summed E-state index contributed by atoms with van der Waals surface area (Å²) in [6.45, 7) is 8.49. The molecule has 1 heterocycles. The van der Waals surface area contributed by atoms with Gasteiger partial charge in [-0.2, -0.15) is 0 Å². The summed E-state index contributed by atoms with van der Waals surface area (Å²) in [6, 6.07) is 7.70. The van der Waals surface area contributed by atoms with Crippen LogP contribution in [0, 0.1) is 0 Å². The first-order chi connectivity index (χ1) is 9.79. The minimum absolute atomic E-state index is 0.120. The van der Waals surface area contributed by atoms with Crippen LogP contribution in [0.4, 0.5) is 10.5 Å². The molecule has 0 radical (unpaired) electrons. The number of hydrogen-bond acceptors (Lipinski definition) is 2. The van der Waals surface area contributed by atoms with E-state index in [-0.39, 0.29) is 12.1 Å². The van der Waals surface area contributed by atoms with E-state index in [0.717, 1.165) is 18.5 Å². The smallest absolute Gasteiger partial charge is 0.322 e. The van der Waals surface area contributed by atoms with Crippen LogP contribution < -0.4 is 5.32 Å². The van der Waals surface area contributed by atoms with Gasteiger partial charge in [-0.1, -0.05) is 26.0 Å². The summed E-state index contributed by atoms with van der Waals surface area (Å²) < 4.78 is 0. The van der Waals surface area contributed by atoms with Crippen molar-refractivity contribution in [2.45, 2.75) is 58.1 Å². The van der Waals surface area contributed by atoms with Crippen molar-refractivity contribution in [3.05, 3.63) is 29.8 Å². The van der Waals surface area contributed by atoms with Gasteiger partial charge < -0.3 is 15.3 Å². The van der Waals surface area contributed by atoms with Crippen LogP contribution in [0.1, 0.15) is 52.0 Å². The van der Waals surface area contributed by atoms with Crippen molar-refractivity contribution in [1.82, 2.24) is 4.90 Å². The molecule has 1 atom stereocenters. The Hall–Kier alpha value is -1.55. The standard InChI is InChI=1S/C17H26N2O2/c1-12(2)13-7-5-8-14(11-13)18-16(20)19-10-6-9-15(19)17(3,4)21/h5,7-8,11-12,15,21H,6,9-10H2,1-4H3,(H,18,20). The van der Waals surface area contributed by atoms with Crippen molar-refractivity contribution in [2.24, 2.45) is 0 Å². The van der Waals surface area contributed by atoms with Crippen LogP contribution in [0.15, 0.2) is 24.3 Å². The summed E-state index contributed by atoms with van der Waals surface area (Å²) in [5, 5.41) is 13.2. The van der Waals surface area contributed by atoms with Crippen LogP contribution in [-0.4, -0.2) is 34.2 Å². The molecule has 0 bridgehead atoms. The molecule has 2 N–H and O–H groups in total. The molecule has 0 saturated carbocycles. The fourth-order valence-electron chi connectivity index (χ4n) is 2.92. The van der Waals surface area contributed by atoms with Gasteiger partial charge >= 0.3 is 6.03 Å². The van der Waals surface area contributed by atoms with E-state index in [0.29, 0.717) is 12.5 Å². The number of nitrogens with one attached hydrogen (secondary N) is 1. The van der Waals surface area contributed by atoms with E-state index in [1.807, 2.05) is 18.2 Å². The van der Waals surface area contributed by atoms with Crippen LogP contribution in [0.25, 0.3) is 0 Å². The third-order valence-corrected chi connectivity index (χ3v) is 4.13. The van der Waals surface area contributed by atoms with Crippen LogP contribution in [0.3, 0.4) is 0 Å². The highest BCUT2D eigenvalue weighted by Crippen LogP contribution is 2.27. The number of amides is 2. The molecule has 0 spiro atoms. The third-order valence-electron chi connectivity index (χ3n) is 4.13. The third kappa shape index (κ3) is 3.76. The largest absolute Gasteiger partial charge is 0.388 e. The summed E-state index contributed by atoms with van der Waals surface area (Å²) in [6.07, 6.45) is 1.79. The first-order valence-corrected chi connectivity index (χ1v) is 7.69. The molecule has 1 aliphatic heterocycles. The van der Waals surface area contributed by atoms with Crippen LogP contribution in [-0.2, 0) is 0 Å². The van der Waals surface area contributed by atoms with Gasteiger partial charge in [-0.25, -0.2) is 4.79 Å². The van der Waals surface area contributed by atoms with Crippen molar-refractivity contribution >= 4 is 11.7 Å². The minimum atomic E-state index is -0.867. The quantitative estimate of drug-likeness (QED) is 0.894. The van der Waals surface area contributed by atoms with E-state index >= 15 is 0 Å². The average Bonchev–Trinajstić information content (AvgIpc) is 2.88. The molecule has 1 aliphatic rings. The molecule has 4 heteroatoms. The molecular formula is C17H26N2O2. The van der Waals surface area contributed by atoms with E-state index in [9.17, 15) is 9.90 Å². The lowest BCUT2D eigenvalue weighted by Crippen LogP contribution is -2.49. The number of anilines is 1. The minimum Gasteiger partial charge on any atom is -0.388 e. The molecule has 21 heavy (non-hydrogen) atoms. The maximum Gasteiger partial charge on any atom is 0.322 e. The van der Waals surface area contributed by atoms with Crippen molar-refractivity contribution in [2.75, 3.05) is 11.9 Å². The first kappa shape index (κ1) is 15.8. The lowest BCUT2D eigenvalue weighted by Gasteiger charge is -2.33. The van der Waals surface area contributed by atoms with Gasteiger partial charge in [0.2, 0.25) is 0 Å². The topological polar surface area (TPSA) is 52.6 Å². The number of hydrogen-bond donors (Lipinski definition) is 2.